The third kappa shape index (κ3) is 4.66. The lowest BCUT2D eigenvalue weighted by atomic mass is 10.1. The van der Waals surface area contributed by atoms with Gasteiger partial charge >= 0.3 is 0 Å². The second kappa shape index (κ2) is 7.65. The van der Waals surface area contributed by atoms with Gasteiger partial charge in [-0.05, 0) is 32.0 Å². The summed E-state index contributed by atoms with van der Waals surface area (Å²) in [7, 11) is 1.71. The summed E-state index contributed by atoms with van der Waals surface area (Å²) in [5.74, 6) is 0.0355. The predicted octanol–water partition coefficient (Wildman–Crippen LogP) is 1.62. The molecule has 0 spiro atoms. The number of anilines is 1. The standard InChI is InChI=1S/C15H23N3O2/c1-10(2)9-17-15(20)12-7-5-6-8-13(12)18-14(19)11(3)16-4/h5-8,10-11,16H,9H2,1-4H3,(H,17,20)(H,18,19). The molecule has 0 saturated carbocycles. The van der Waals surface area contributed by atoms with E-state index in [1.807, 2.05) is 13.8 Å². The molecule has 1 aromatic rings. The fourth-order valence-corrected chi connectivity index (χ4v) is 1.55. The Morgan fingerprint density at radius 2 is 1.80 bits per heavy atom. The molecule has 20 heavy (non-hydrogen) atoms. The van der Waals surface area contributed by atoms with Crippen LogP contribution in [-0.2, 0) is 4.79 Å². The molecule has 0 fully saturated rings. The highest BCUT2D eigenvalue weighted by atomic mass is 16.2. The van der Waals surface area contributed by atoms with Gasteiger partial charge in [-0.15, -0.1) is 0 Å². The first-order valence-electron chi connectivity index (χ1n) is 6.81. The van der Waals surface area contributed by atoms with Crippen molar-refractivity contribution in [2.75, 3.05) is 18.9 Å². The van der Waals surface area contributed by atoms with Crippen LogP contribution in [0, 0.1) is 5.92 Å². The van der Waals surface area contributed by atoms with E-state index in [1.165, 1.54) is 0 Å². The maximum Gasteiger partial charge on any atom is 0.253 e. The van der Waals surface area contributed by atoms with Crippen LogP contribution in [0.2, 0.25) is 0 Å². The number of carbonyl (C=O) groups excluding carboxylic acids is 2. The molecule has 5 nitrogen and oxygen atoms in total. The zero-order chi connectivity index (χ0) is 15.1. The first-order chi connectivity index (χ1) is 9.45. The lowest BCUT2D eigenvalue weighted by Crippen LogP contribution is -2.36. The van der Waals surface area contributed by atoms with Gasteiger partial charge in [0.2, 0.25) is 5.91 Å². The van der Waals surface area contributed by atoms with Gasteiger partial charge in [0.1, 0.15) is 0 Å². The normalized spacial score (nSPS) is 12.1. The average Bonchev–Trinajstić information content (AvgIpc) is 2.44. The number of amides is 2. The molecule has 1 atom stereocenters. The molecule has 0 aliphatic heterocycles. The summed E-state index contributed by atoms with van der Waals surface area (Å²) < 4.78 is 0. The lowest BCUT2D eigenvalue weighted by molar-refractivity contribution is -0.117. The van der Waals surface area contributed by atoms with Crippen molar-refractivity contribution in [1.82, 2.24) is 10.6 Å². The molecule has 0 aliphatic rings. The zero-order valence-corrected chi connectivity index (χ0v) is 12.5. The van der Waals surface area contributed by atoms with E-state index >= 15 is 0 Å². The molecule has 0 aromatic heterocycles. The molecule has 0 bridgehead atoms. The van der Waals surface area contributed by atoms with Crippen molar-refractivity contribution in [2.24, 2.45) is 5.92 Å². The van der Waals surface area contributed by atoms with Crippen molar-refractivity contribution >= 4 is 17.5 Å². The van der Waals surface area contributed by atoms with Crippen LogP contribution >= 0.6 is 0 Å². The molecule has 1 rings (SSSR count). The molecule has 1 unspecified atom stereocenters. The molecule has 110 valence electrons. The van der Waals surface area contributed by atoms with Gasteiger partial charge in [-0.2, -0.15) is 0 Å². The van der Waals surface area contributed by atoms with Gasteiger partial charge < -0.3 is 16.0 Å². The van der Waals surface area contributed by atoms with Crippen LogP contribution in [0.25, 0.3) is 0 Å². The number of benzene rings is 1. The SMILES string of the molecule is CNC(C)C(=O)Nc1ccccc1C(=O)NCC(C)C. The third-order valence-corrected chi connectivity index (χ3v) is 2.93. The molecular formula is C15H23N3O2. The molecule has 0 saturated heterocycles. The van der Waals surface area contributed by atoms with E-state index in [-0.39, 0.29) is 17.9 Å². The topological polar surface area (TPSA) is 70.2 Å². The van der Waals surface area contributed by atoms with E-state index in [4.69, 9.17) is 0 Å². The largest absolute Gasteiger partial charge is 0.352 e. The minimum absolute atomic E-state index is 0.170. The summed E-state index contributed by atoms with van der Waals surface area (Å²) >= 11 is 0. The molecular weight excluding hydrogens is 254 g/mol. The van der Waals surface area contributed by atoms with Crippen LogP contribution in [0.15, 0.2) is 24.3 Å². The summed E-state index contributed by atoms with van der Waals surface area (Å²) in [5.41, 5.74) is 1.01. The van der Waals surface area contributed by atoms with E-state index < -0.39 is 0 Å². The summed E-state index contributed by atoms with van der Waals surface area (Å²) in [6.45, 7) is 6.43. The van der Waals surface area contributed by atoms with Crippen LogP contribution in [0.4, 0.5) is 5.69 Å². The van der Waals surface area contributed by atoms with Gasteiger partial charge in [-0.1, -0.05) is 26.0 Å². The Balaban J connectivity index is 2.82. The van der Waals surface area contributed by atoms with Crippen molar-refractivity contribution in [3.05, 3.63) is 29.8 Å². The Labute approximate surface area is 120 Å². The number of hydrogen-bond donors (Lipinski definition) is 3. The summed E-state index contributed by atoms with van der Waals surface area (Å²) in [4.78, 5) is 24.0. The minimum Gasteiger partial charge on any atom is -0.352 e. The maximum atomic E-state index is 12.1. The lowest BCUT2D eigenvalue weighted by Gasteiger charge is -2.14. The monoisotopic (exact) mass is 277 g/mol. The molecule has 0 radical (unpaired) electrons. The highest BCUT2D eigenvalue weighted by molar-refractivity contribution is 6.04. The van der Waals surface area contributed by atoms with Crippen LogP contribution in [-0.4, -0.2) is 31.4 Å². The fraction of sp³-hybridized carbons (Fsp3) is 0.467. The van der Waals surface area contributed by atoms with E-state index in [0.717, 1.165) is 0 Å². The van der Waals surface area contributed by atoms with Gasteiger partial charge in [0.05, 0.1) is 17.3 Å². The molecule has 1 aromatic carbocycles. The summed E-state index contributed by atoms with van der Waals surface area (Å²) in [5, 5.41) is 8.48. The van der Waals surface area contributed by atoms with Gasteiger partial charge in [-0.25, -0.2) is 0 Å². The Bertz CT molecular complexity index is 472. The Morgan fingerprint density at radius 1 is 1.15 bits per heavy atom. The van der Waals surface area contributed by atoms with Crippen molar-refractivity contribution in [3.63, 3.8) is 0 Å². The number of para-hydroxylation sites is 1. The van der Waals surface area contributed by atoms with Crippen molar-refractivity contribution < 1.29 is 9.59 Å². The van der Waals surface area contributed by atoms with Crippen molar-refractivity contribution in [1.29, 1.82) is 0 Å². The van der Waals surface area contributed by atoms with Gasteiger partial charge in [-0.3, -0.25) is 9.59 Å². The molecule has 3 N–H and O–H groups in total. The number of hydrogen-bond acceptors (Lipinski definition) is 3. The highest BCUT2D eigenvalue weighted by Gasteiger charge is 2.15. The summed E-state index contributed by atoms with van der Waals surface area (Å²) in [6, 6.07) is 6.68. The second-order valence-corrected chi connectivity index (χ2v) is 5.15. The first-order valence-corrected chi connectivity index (χ1v) is 6.81. The summed E-state index contributed by atoms with van der Waals surface area (Å²) in [6.07, 6.45) is 0. The molecule has 0 aliphatic carbocycles. The van der Waals surface area contributed by atoms with Gasteiger partial charge in [0.25, 0.3) is 5.91 Å². The molecule has 2 amide bonds. The Kier molecular flexibility index (Phi) is 6.18. The fourth-order valence-electron chi connectivity index (χ4n) is 1.55. The second-order valence-electron chi connectivity index (χ2n) is 5.15. The smallest absolute Gasteiger partial charge is 0.253 e. The first kappa shape index (κ1) is 16.2. The van der Waals surface area contributed by atoms with Crippen LogP contribution < -0.4 is 16.0 Å². The Morgan fingerprint density at radius 3 is 2.40 bits per heavy atom. The van der Waals surface area contributed by atoms with Crippen molar-refractivity contribution in [2.45, 2.75) is 26.8 Å². The van der Waals surface area contributed by atoms with Crippen LogP contribution in [0.1, 0.15) is 31.1 Å². The number of likely N-dealkylation sites (N-methyl/N-ethyl adjacent to an activating group) is 1. The number of rotatable bonds is 6. The van der Waals surface area contributed by atoms with Crippen LogP contribution in [0.3, 0.4) is 0 Å². The minimum atomic E-state index is -0.318. The molecule has 0 heterocycles. The number of nitrogens with one attached hydrogen (secondary N) is 3. The van der Waals surface area contributed by atoms with E-state index in [1.54, 1.807) is 38.2 Å². The molecule has 5 heteroatoms. The van der Waals surface area contributed by atoms with Crippen molar-refractivity contribution in [3.8, 4) is 0 Å². The van der Waals surface area contributed by atoms with E-state index in [9.17, 15) is 9.59 Å². The highest BCUT2D eigenvalue weighted by Crippen LogP contribution is 2.15. The van der Waals surface area contributed by atoms with Gasteiger partial charge in [0.15, 0.2) is 0 Å². The zero-order valence-electron chi connectivity index (χ0n) is 12.5. The average molecular weight is 277 g/mol. The maximum absolute atomic E-state index is 12.1. The predicted molar refractivity (Wildman–Crippen MR) is 80.8 cm³/mol. The van der Waals surface area contributed by atoms with E-state index in [0.29, 0.717) is 23.7 Å². The quantitative estimate of drug-likeness (QED) is 0.740. The third-order valence-electron chi connectivity index (χ3n) is 2.93. The van der Waals surface area contributed by atoms with Gasteiger partial charge in [0, 0.05) is 6.54 Å². The Hall–Kier alpha value is -1.88. The van der Waals surface area contributed by atoms with E-state index in [2.05, 4.69) is 16.0 Å². The number of carbonyl (C=O) groups is 2. The van der Waals surface area contributed by atoms with Crippen LogP contribution in [0.5, 0.6) is 0 Å².